The summed E-state index contributed by atoms with van der Waals surface area (Å²) >= 11 is 1.67. The van der Waals surface area contributed by atoms with Crippen molar-refractivity contribution in [3.63, 3.8) is 0 Å². The minimum absolute atomic E-state index is 0.785. The van der Waals surface area contributed by atoms with Crippen molar-refractivity contribution < 1.29 is 0 Å². The third-order valence-electron chi connectivity index (χ3n) is 3.49. The van der Waals surface area contributed by atoms with E-state index in [1.165, 1.54) is 0 Å². The molecule has 4 nitrogen and oxygen atoms in total. The zero-order valence-corrected chi connectivity index (χ0v) is 13.1. The van der Waals surface area contributed by atoms with Crippen LogP contribution in [0, 0.1) is 0 Å². The quantitative estimate of drug-likeness (QED) is 0.420. The Labute approximate surface area is 138 Å². The van der Waals surface area contributed by atoms with Crippen LogP contribution in [0.4, 0.5) is 0 Å². The number of hydrogen-bond donors (Lipinski definition) is 0. The minimum atomic E-state index is 0.785. The van der Waals surface area contributed by atoms with Gasteiger partial charge in [0.2, 0.25) is 0 Å². The first-order valence-corrected chi connectivity index (χ1v) is 8.30. The molecule has 0 bridgehead atoms. The van der Waals surface area contributed by atoms with Crippen LogP contribution in [0.3, 0.4) is 0 Å². The smallest absolute Gasteiger partial charge is 0.137 e. The summed E-state index contributed by atoms with van der Waals surface area (Å²) in [6, 6.07) is 18.2. The summed E-state index contributed by atoms with van der Waals surface area (Å²) < 4.78 is 2.03. The maximum atomic E-state index is 4.61. The van der Waals surface area contributed by atoms with Gasteiger partial charge in [-0.15, -0.1) is 0 Å². The first-order valence-electron chi connectivity index (χ1n) is 7.31. The van der Waals surface area contributed by atoms with Gasteiger partial charge in [0.25, 0.3) is 0 Å². The molecule has 0 atom stereocenters. The molecule has 0 unspecified atom stereocenters. The number of benzene rings is 1. The van der Waals surface area contributed by atoms with Crippen LogP contribution in [-0.4, -0.2) is 19.4 Å². The average molecular weight is 318 g/mol. The Morgan fingerprint density at radius 3 is 2.70 bits per heavy atom. The second-order valence-electron chi connectivity index (χ2n) is 5.09. The van der Waals surface area contributed by atoms with Gasteiger partial charge in [-0.25, -0.2) is 15.0 Å². The van der Waals surface area contributed by atoms with Gasteiger partial charge in [-0.2, -0.15) is 0 Å². The molecule has 4 aromatic rings. The van der Waals surface area contributed by atoms with Crippen LogP contribution in [-0.2, 0) is 5.75 Å². The van der Waals surface area contributed by atoms with Gasteiger partial charge >= 0.3 is 0 Å². The molecular weight excluding hydrogens is 304 g/mol. The number of pyridine rings is 1. The van der Waals surface area contributed by atoms with E-state index in [9.17, 15) is 0 Å². The van der Waals surface area contributed by atoms with Crippen molar-refractivity contribution in [2.75, 3.05) is 0 Å². The van der Waals surface area contributed by atoms with E-state index in [2.05, 4.69) is 33.3 Å². The van der Waals surface area contributed by atoms with Gasteiger partial charge in [-0.05, 0) is 18.2 Å². The molecule has 0 spiro atoms. The van der Waals surface area contributed by atoms with E-state index in [1.54, 1.807) is 18.1 Å². The van der Waals surface area contributed by atoms with Gasteiger partial charge in [-0.1, -0.05) is 48.2 Å². The van der Waals surface area contributed by atoms with Gasteiger partial charge in [-0.3, -0.25) is 0 Å². The predicted octanol–water partition coefficient (Wildman–Crippen LogP) is 4.08. The van der Waals surface area contributed by atoms with Crippen LogP contribution in [0.25, 0.3) is 16.9 Å². The lowest BCUT2D eigenvalue weighted by Gasteiger charge is -2.03. The Balaban J connectivity index is 1.53. The highest BCUT2D eigenvalue weighted by molar-refractivity contribution is 7.98. The molecule has 3 heterocycles. The van der Waals surface area contributed by atoms with Gasteiger partial charge in [0.05, 0.1) is 11.4 Å². The highest BCUT2D eigenvalue weighted by Crippen LogP contribution is 2.24. The lowest BCUT2D eigenvalue weighted by atomic mass is 10.1. The molecule has 0 amide bonds. The number of imidazole rings is 1. The molecule has 0 aliphatic carbocycles. The van der Waals surface area contributed by atoms with Crippen molar-refractivity contribution in [1.29, 1.82) is 0 Å². The third kappa shape index (κ3) is 3.10. The molecular formula is C18H14N4S. The second kappa shape index (κ2) is 6.22. The zero-order valence-electron chi connectivity index (χ0n) is 12.3. The summed E-state index contributed by atoms with van der Waals surface area (Å²) in [6.45, 7) is 0. The maximum absolute atomic E-state index is 4.61. The van der Waals surface area contributed by atoms with E-state index < -0.39 is 0 Å². The summed E-state index contributed by atoms with van der Waals surface area (Å²) in [5, 5.41) is 0.955. The van der Waals surface area contributed by atoms with Crippen molar-refractivity contribution >= 4 is 17.4 Å². The normalized spacial score (nSPS) is 11.0. The van der Waals surface area contributed by atoms with Crippen molar-refractivity contribution in [3.8, 4) is 11.3 Å². The summed E-state index contributed by atoms with van der Waals surface area (Å²) in [5.41, 5.74) is 4.06. The van der Waals surface area contributed by atoms with Crippen LogP contribution in [0.1, 0.15) is 5.69 Å². The minimum Gasteiger partial charge on any atom is -0.307 e. The van der Waals surface area contributed by atoms with Gasteiger partial charge in [0.15, 0.2) is 0 Å². The first kappa shape index (κ1) is 14.0. The van der Waals surface area contributed by atoms with Crippen LogP contribution in [0.15, 0.2) is 78.3 Å². The monoisotopic (exact) mass is 318 g/mol. The molecule has 5 heteroatoms. The van der Waals surface area contributed by atoms with Crippen LogP contribution < -0.4 is 0 Å². The summed E-state index contributed by atoms with van der Waals surface area (Å²) in [7, 11) is 0. The second-order valence-corrected chi connectivity index (χ2v) is 6.09. The van der Waals surface area contributed by atoms with Gasteiger partial charge in [0, 0.05) is 23.7 Å². The van der Waals surface area contributed by atoms with E-state index in [0.29, 0.717) is 0 Å². The third-order valence-corrected chi connectivity index (χ3v) is 4.45. The van der Waals surface area contributed by atoms with Crippen molar-refractivity contribution in [2.24, 2.45) is 0 Å². The van der Waals surface area contributed by atoms with Crippen LogP contribution >= 0.6 is 11.8 Å². The van der Waals surface area contributed by atoms with E-state index in [4.69, 9.17) is 0 Å². The highest BCUT2D eigenvalue weighted by Gasteiger charge is 2.05. The molecule has 0 saturated heterocycles. The Morgan fingerprint density at radius 1 is 0.957 bits per heavy atom. The van der Waals surface area contributed by atoms with Crippen LogP contribution in [0.2, 0.25) is 0 Å². The topological polar surface area (TPSA) is 43.1 Å². The average Bonchev–Trinajstić information content (AvgIpc) is 3.04. The SMILES string of the molecule is c1ccc(-c2cc(SCc3cn4ccccc4n3)ncn2)cc1. The molecule has 0 saturated carbocycles. The Morgan fingerprint density at radius 2 is 1.83 bits per heavy atom. The fourth-order valence-electron chi connectivity index (χ4n) is 2.39. The molecule has 4 rings (SSSR count). The molecule has 23 heavy (non-hydrogen) atoms. The van der Waals surface area contributed by atoms with E-state index in [-0.39, 0.29) is 0 Å². The largest absolute Gasteiger partial charge is 0.307 e. The first-order chi connectivity index (χ1) is 11.4. The Hall–Kier alpha value is -2.66. The molecule has 0 N–H and O–H groups in total. The number of hydrogen-bond acceptors (Lipinski definition) is 4. The fourth-order valence-corrected chi connectivity index (χ4v) is 3.14. The molecule has 0 fully saturated rings. The lowest BCUT2D eigenvalue weighted by molar-refractivity contribution is 1.05. The number of nitrogens with zero attached hydrogens (tertiary/aromatic N) is 4. The molecule has 112 valence electrons. The van der Waals surface area contributed by atoms with Crippen molar-refractivity contribution in [2.45, 2.75) is 10.8 Å². The molecule has 3 aromatic heterocycles. The summed E-state index contributed by atoms with van der Waals surface area (Å²) in [4.78, 5) is 13.3. The Kier molecular flexibility index (Phi) is 3.78. The number of aromatic nitrogens is 4. The standard InChI is InChI=1S/C18H14N4S/c1-2-6-14(7-3-1)16-10-18(20-13-19-16)23-12-15-11-22-9-5-4-8-17(22)21-15/h1-11,13H,12H2. The number of thioether (sulfide) groups is 1. The summed E-state index contributed by atoms with van der Waals surface area (Å²) in [5.74, 6) is 0.785. The maximum Gasteiger partial charge on any atom is 0.137 e. The molecule has 1 aromatic carbocycles. The van der Waals surface area contributed by atoms with E-state index in [0.717, 1.165) is 33.4 Å². The fraction of sp³-hybridized carbons (Fsp3) is 0.0556. The predicted molar refractivity (Wildman–Crippen MR) is 92.2 cm³/mol. The zero-order chi connectivity index (χ0) is 15.5. The molecule has 0 aliphatic rings. The molecule has 0 radical (unpaired) electrons. The van der Waals surface area contributed by atoms with E-state index >= 15 is 0 Å². The Bertz CT molecular complexity index is 901. The van der Waals surface area contributed by atoms with Crippen molar-refractivity contribution in [3.05, 3.63) is 79.0 Å². The lowest BCUT2D eigenvalue weighted by Crippen LogP contribution is -1.88. The number of rotatable bonds is 4. The van der Waals surface area contributed by atoms with Crippen molar-refractivity contribution in [1.82, 2.24) is 19.4 Å². The van der Waals surface area contributed by atoms with Gasteiger partial charge < -0.3 is 4.40 Å². The van der Waals surface area contributed by atoms with Gasteiger partial charge in [0.1, 0.15) is 17.0 Å². The van der Waals surface area contributed by atoms with E-state index in [1.807, 2.05) is 53.1 Å². The summed E-state index contributed by atoms with van der Waals surface area (Å²) in [6.07, 6.45) is 5.69. The van der Waals surface area contributed by atoms with Crippen LogP contribution in [0.5, 0.6) is 0 Å². The molecule has 0 aliphatic heterocycles. The number of fused-ring (bicyclic) bond motifs is 1. The highest BCUT2D eigenvalue weighted by atomic mass is 32.2.